The molecular formula is C16H19ClO4. The van der Waals surface area contributed by atoms with Crippen molar-refractivity contribution in [2.24, 2.45) is 0 Å². The Bertz CT molecular complexity index is 606. The SMILES string of the molecule is CCOc1cc(Cl)c(C(O)c2coc(C)c2)cc1OCC. The molecule has 21 heavy (non-hydrogen) atoms. The molecule has 1 aromatic carbocycles. The van der Waals surface area contributed by atoms with E-state index in [2.05, 4.69) is 0 Å². The molecule has 0 spiro atoms. The summed E-state index contributed by atoms with van der Waals surface area (Å²) in [5, 5.41) is 10.9. The van der Waals surface area contributed by atoms with Gasteiger partial charge in [0.25, 0.3) is 0 Å². The fourth-order valence-electron chi connectivity index (χ4n) is 2.08. The predicted octanol–water partition coefficient (Wildman–Crippen LogP) is 4.12. The quantitative estimate of drug-likeness (QED) is 0.872. The van der Waals surface area contributed by atoms with Crippen LogP contribution in [0.5, 0.6) is 11.5 Å². The van der Waals surface area contributed by atoms with Crippen LogP contribution in [-0.4, -0.2) is 18.3 Å². The normalized spacial score (nSPS) is 12.2. The highest BCUT2D eigenvalue weighted by Gasteiger charge is 2.19. The molecule has 0 bridgehead atoms. The van der Waals surface area contributed by atoms with Crippen molar-refractivity contribution >= 4 is 11.6 Å². The van der Waals surface area contributed by atoms with Crippen LogP contribution in [0.3, 0.4) is 0 Å². The number of hydrogen-bond acceptors (Lipinski definition) is 4. The van der Waals surface area contributed by atoms with Crippen molar-refractivity contribution in [2.75, 3.05) is 13.2 Å². The summed E-state index contributed by atoms with van der Waals surface area (Å²) in [5.74, 6) is 1.87. The van der Waals surface area contributed by atoms with Gasteiger partial charge in [0.15, 0.2) is 11.5 Å². The number of aliphatic hydroxyl groups is 1. The second-order valence-electron chi connectivity index (χ2n) is 4.58. The lowest BCUT2D eigenvalue weighted by molar-refractivity contribution is 0.218. The first-order valence-corrected chi connectivity index (χ1v) is 7.26. The Morgan fingerprint density at radius 3 is 2.29 bits per heavy atom. The number of benzene rings is 1. The van der Waals surface area contributed by atoms with Crippen molar-refractivity contribution in [1.29, 1.82) is 0 Å². The molecule has 1 atom stereocenters. The van der Waals surface area contributed by atoms with E-state index < -0.39 is 6.10 Å². The topological polar surface area (TPSA) is 51.8 Å². The molecular weight excluding hydrogens is 292 g/mol. The Morgan fingerprint density at radius 2 is 1.76 bits per heavy atom. The standard InChI is InChI=1S/C16H19ClO4/c1-4-19-14-7-12(13(17)8-15(14)20-5-2)16(18)11-6-10(3)21-9-11/h6-9,16,18H,4-5H2,1-3H3. The van der Waals surface area contributed by atoms with Gasteiger partial charge in [-0.1, -0.05) is 11.6 Å². The number of halogens is 1. The lowest BCUT2D eigenvalue weighted by Gasteiger charge is -2.16. The van der Waals surface area contributed by atoms with Crippen molar-refractivity contribution in [2.45, 2.75) is 26.9 Å². The van der Waals surface area contributed by atoms with E-state index in [1.54, 1.807) is 18.2 Å². The highest BCUT2D eigenvalue weighted by molar-refractivity contribution is 6.31. The van der Waals surface area contributed by atoms with Gasteiger partial charge in [0, 0.05) is 17.2 Å². The van der Waals surface area contributed by atoms with Gasteiger partial charge in [-0.2, -0.15) is 0 Å². The molecule has 0 aliphatic heterocycles. The molecule has 5 heteroatoms. The number of hydrogen-bond donors (Lipinski definition) is 1. The zero-order valence-electron chi connectivity index (χ0n) is 12.4. The minimum Gasteiger partial charge on any atom is -0.490 e. The average Bonchev–Trinajstić information content (AvgIpc) is 2.88. The number of ether oxygens (including phenoxy) is 2. The average molecular weight is 311 g/mol. The lowest BCUT2D eigenvalue weighted by atomic mass is 10.0. The minimum atomic E-state index is -0.871. The van der Waals surface area contributed by atoms with Crippen molar-refractivity contribution in [1.82, 2.24) is 0 Å². The number of aryl methyl sites for hydroxylation is 1. The smallest absolute Gasteiger partial charge is 0.162 e. The van der Waals surface area contributed by atoms with Gasteiger partial charge in [-0.15, -0.1) is 0 Å². The van der Waals surface area contributed by atoms with Crippen LogP contribution >= 0.6 is 11.6 Å². The molecule has 0 amide bonds. The molecule has 0 saturated carbocycles. The Balaban J connectivity index is 2.40. The molecule has 2 aromatic rings. The zero-order chi connectivity index (χ0) is 15.4. The van der Waals surface area contributed by atoms with Gasteiger partial charge in [0.2, 0.25) is 0 Å². The Hall–Kier alpha value is -1.65. The molecule has 1 N–H and O–H groups in total. The van der Waals surface area contributed by atoms with Gasteiger partial charge < -0.3 is 19.0 Å². The zero-order valence-corrected chi connectivity index (χ0v) is 13.1. The molecule has 4 nitrogen and oxygen atoms in total. The van der Waals surface area contributed by atoms with Gasteiger partial charge in [0.05, 0.1) is 24.5 Å². The third-order valence-electron chi connectivity index (χ3n) is 3.02. The minimum absolute atomic E-state index is 0.424. The molecule has 1 unspecified atom stereocenters. The highest BCUT2D eigenvalue weighted by Crippen LogP contribution is 2.38. The molecule has 1 heterocycles. The van der Waals surface area contributed by atoms with Gasteiger partial charge in [-0.25, -0.2) is 0 Å². The summed E-state index contributed by atoms with van der Waals surface area (Å²) in [6.07, 6.45) is 0.650. The van der Waals surface area contributed by atoms with E-state index >= 15 is 0 Å². The van der Waals surface area contributed by atoms with E-state index in [4.69, 9.17) is 25.5 Å². The molecule has 0 aliphatic carbocycles. The van der Waals surface area contributed by atoms with E-state index in [-0.39, 0.29) is 0 Å². The van der Waals surface area contributed by atoms with Gasteiger partial charge >= 0.3 is 0 Å². The maximum atomic E-state index is 10.5. The second kappa shape index (κ2) is 6.87. The fraction of sp³-hybridized carbons (Fsp3) is 0.375. The molecule has 114 valence electrons. The molecule has 0 fully saturated rings. The van der Waals surface area contributed by atoms with Gasteiger partial charge in [0.1, 0.15) is 11.9 Å². The Kier molecular flexibility index (Phi) is 5.15. The van der Waals surface area contributed by atoms with Crippen LogP contribution in [0.1, 0.15) is 36.8 Å². The number of aliphatic hydroxyl groups excluding tert-OH is 1. The molecule has 2 rings (SSSR count). The van der Waals surface area contributed by atoms with Crippen LogP contribution in [0, 0.1) is 6.92 Å². The third kappa shape index (κ3) is 3.52. The maximum absolute atomic E-state index is 10.5. The third-order valence-corrected chi connectivity index (χ3v) is 3.35. The van der Waals surface area contributed by atoms with E-state index in [9.17, 15) is 5.11 Å². The molecule has 1 aromatic heterocycles. The van der Waals surface area contributed by atoms with Crippen LogP contribution in [0.4, 0.5) is 0 Å². The highest BCUT2D eigenvalue weighted by atomic mass is 35.5. The van der Waals surface area contributed by atoms with Crippen molar-refractivity contribution in [3.8, 4) is 11.5 Å². The Morgan fingerprint density at radius 1 is 1.14 bits per heavy atom. The summed E-state index contributed by atoms with van der Waals surface area (Å²) in [5.41, 5.74) is 1.21. The fourth-order valence-corrected chi connectivity index (χ4v) is 2.34. The second-order valence-corrected chi connectivity index (χ2v) is 4.99. The summed E-state index contributed by atoms with van der Waals surface area (Å²) in [7, 11) is 0. The summed E-state index contributed by atoms with van der Waals surface area (Å²) >= 11 is 6.26. The summed E-state index contributed by atoms with van der Waals surface area (Å²) in [6.45, 7) is 6.61. The first kappa shape index (κ1) is 15.7. The molecule has 0 radical (unpaired) electrons. The van der Waals surface area contributed by atoms with Crippen molar-refractivity contribution in [3.63, 3.8) is 0 Å². The van der Waals surface area contributed by atoms with Crippen LogP contribution in [0.25, 0.3) is 0 Å². The monoisotopic (exact) mass is 310 g/mol. The lowest BCUT2D eigenvalue weighted by Crippen LogP contribution is -2.03. The number of furan rings is 1. The Labute approximate surface area is 129 Å². The van der Waals surface area contributed by atoms with Crippen molar-refractivity contribution in [3.05, 3.63) is 46.4 Å². The van der Waals surface area contributed by atoms with E-state index in [0.717, 1.165) is 5.76 Å². The molecule has 0 aliphatic rings. The van der Waals surface area contributed by atoms with Crippen LogP contribution in [0.15, 0.2) is 28.9 Å². The summed E-state index contributed by atoms with van der Waals surface area (Å²) < 4.78 is 16.3. The van der Waals surface area contributed by atoms with Gasteiger partial charge in [-0.05, 0) is 32.9 Å². The van der Waals surface area contributed by atoms with Crippen molar-refractivity contribution < 1.29 is 19.0 Å². The van der Waals surface area contributed by atoms with Gasteiger partial charge in [-0.3, -0.25) is 0 Å². The predicted molar refractivity (Wildman–Crippen MR) is 81.3 cm³/mol. The molecule has 0 saturated heterocycles. The van der Waals surface area contributed by atoms with Crippen LogP contribution in [-0.2, 0) is 0 Å². The van der Waals surface area contributed by atoms with Crippen LogP contribution < -0.4 is 9.47 Å². The maximum Gasteiger partial charge on any atom is 0.162 e. The van der Waals surface area contributed by atoms with Crippen LogP contribution in [0.2, 0.25) is 5.02 Å². The summed E-state index contributed by atoms with van der Waals surface area (Å²) in [4.78, 5) is 0. The van der Waals surface area contributed by atoms with E-state index in [1.807, 2.05) is 20.8 Å². The first-order chi connectivity index (χ1) is 10.1. The first-order valence-electron chi connectivity index (χ1n) is 6.88. The van der Waals surface area contributed by atoms with E-state index in [0.29, 0.717) is 40.9 Å². The number of rotatable bonds is 6. The largest absolute Gasteiger partial charge is 0.490 e. The summed E-state index contributed by atoms with van der Waals surface area (Å²) in [6, 6.07) is 5.16. The van der Waals surface area contributed by atoms with E-state index in [1.165, 1.54) is 6.26 Å².